The zero-order chi connectivity index (χ0) is 38.3. The van der Waals surface area contributed by atoms with Crippen molar-refractivity contribution in [2.24, 2.45) is 21.4 Å². The standard InChI is InChI=1S/C39H43N5O8S/c1-25-13-14-30(18-31(25)23-44-22-26(2)52-34-11-6-7-12-35(34)53(44,48)49)36(39(3,4)38(47)50-5)51-24-32(43-40)21-41-20-27-9-8-10-28(17-27)29-15-16-42-33(19-29)37(45)46/h6-19,21,26,36H,20,22-24,40H2,1-5H3,(H,45,46)/t26-,36?/m1/s1. The maximum atomic E-state index is 13.8. The number of nitrogens with two attached hydrogens (primary N) is 1. The molecule has 278 valence electrons. The molecule has 0 fully saturated rings. The molecule has 14 heteroatoms. The van der Waals surface area contributed by atoms with E-state index in [1.807, 2.05) is 56.3 Å². The van der Waals surface area contributed by atoms with Gasteiger partial charge in [0.25, 0.3) is 0 Å². The van der Waals surface area contributed by atoms with Crippen LogP contribution >= 0.6 is 0 Å². The Hall–Kier alpha value is -5.44. The minimum absolute atomic E-state index is 0.0495. The lowest BCUT2D eigenvalue weighted by molar-refractivity contribution is -0.160. The zero-order valence-electron chi connectivity index (χ0n) is 30.2. The van der Waals surface area contributed by atoms with Crippen molar-refractivity contribution in [2.45, 2.75) is 57.9 Å². The predicted octanol–water partition coefficient (Wildman–Crippen LogP) is 5.57. The first-order valence-corrected chi connectivity index (χ1v) is 18.3. The second kappa shape index (κ2) is 16.5. The fraction of sp³-hybridized carbons (Fsp3) is 0.308. The third-order valence-electron chi connectivity index (χ3n) is 8.96. The van der Waals surface area contributed by atoms with Gasteiger partial charge in [0, 0.05) is 19.0 Å². The third-order valence-corrected chi connectivity index (χ3v) is 10.8. The molecule has 0 amide bonds. The summed E-state index contributed by atoms with van der Waals surface area (Å²) in [5.41, 5.74) is 3.68. The van der Waals surface area contributed by atoms with Gasteiger partial charge in [0.1, 0.15) is 28.2 Å². The average molecular weight is 742 g/mol. The number of nitrogens with zero attached hydrogens (tertiary/aromatic N) is 4. The van der Waals surface area contributed by atoms with E-state index in [1.54, 1.807) is 44.2 Å². The van der Waals surface area contributed by atoms with Crippen molar-refractivity contribution in [1.29, 1.82) is 0 Å². The fourth-order valence-corrected chi connectivity index (χ4v) is 7.72. The van der Waals surface area contributed by atoms with E-state index in [4.69, 9.17) is 20.1 Å². The molecular formula is C39H43N5O8S. The molecule has 13 nitrogen and oxygen atoms in total. The number of aryl methyl sites for hydroxylation is 1. The van der Waals surface area contributed by atoms with E-state index in [0.29, 0.717) is 22.6 Å². The Morgan fingerprint density at radius 1 is 1.09 bits per heavy atom. The minimum Gasteiger partial charge on any atom is -0.488 e. The molecule has 53 heavy (non-hydrogen) atoms. The van der Waals surface area contributed by atoms with E-state index >= 15 is 0 Å². The normalized spacial score (nSPS) is 16.7. The van der Waals surface area contributed by atoms with E-state index in [1.165, 1.54) is 29.9 Å². The summed E-state index contributed by atoms with van der Waals surface area (Å²) in [5.74, 6) is 4.44. The third kappa shape index (κ3) is 8.96. The van der Waals surface area contributed by atoms with Crippen LogP contribution in [0.25, 0.3) is 11.1 Å². The van der Waals surface area contributed by atoms with Crippen LogP contribution in [-0.2, 0) is 37.4 Å². The van der Waals surface area contributed by atoms with E-state index in [2.05, 4.69) is 15.1 Å². The number of sulfonamides is 1. The summed E-state index contributed by atoms with van der Waals surface area (Å²) in [6.45, 7) is 7.53. The SMILES string of the molecule is COC(=O)C(C)(C)C(OCC(C=NCc1cccc(-c2ccnc(C(=O)O)c2)c1)=NN)c1ccc(C)c(CN2C[C@@H](C)Oc3ccccc3S2(=O)=O)c1. The van der Waals surface area contributed by atoms with Crippen LogP contribution in [0.5, 0.6) is 5.75 Å². The van der Waals surface area contributed by atoms with E-state index in [0.717, 1.165) is 22.3 Å². The number of hydrogen-bond donors (Lipinski definition) is 2. The molecule has 1 aliphatic heterocycles. The Balaban J connectivity index is 1.35. The van der Waals surface area contributed by atoms with Gasteiger partial charge in [0.15, 0.2) is 0 Å². The Kier molecular flexibility index (Phi) is 12.1. The number of esters is 1. The Bertz CT molecular complexity index is 2150. The highest BCUT2D eigenvalue weighted by atomic mass is 32.2. The van der Waals surface area contributed by atoms with Crippen molar-refractivity contribution in [3.8, 4) is 16.9 Å². The highest BCUT2D eigenvalue weighted by molar-refractivity contribution is 7.89. The number of benzene rings is 3. The average Bonchev–Trinajstić information content (AvgIpc) is 3.23. The summed E-state index contributed by atoms with van der Waals surface area (Å²) in [6.07, 6.45) is 1.71. The maximum Gasteiger partial charge on any atom is 0.354 e. The van der Waals surface area contributed by atoms with Crippen molar-refractivity contribution < 1.29 is 37.3 Å². The molecule has 0 saturated heterocycles. The topological polar surface area (TPSA) is 183 Å². The number of aliphatic imine (C=N–C) groups is 1. The lowest BCUT2D eigenvalue weighted by Crippen LogP contribution is -2.36. The molecule has 2 atom stereocenters. The molecule has 1 aromatic heterocycles. The van der Waals surface area contributed by atoms with E-state index in [9.17, 15) is 23.1 Å². The van der Waals surface area contributed by atoms with Crippen molar-refractivity contribution >= 4 is 33.9 Å². The van der Waals surface area contributed by atoms with Crippen molar-refractivity contribution in [3.05, 3.63) is 113 Å². The predicted molar refractivity (Wildman–Crippen MR) is 200 cm³/mol. The number of carbonyl (C=O) groups is 2. The highest BCUT2D eigenvalue weighted by Gasteiger charge is 2.41. The summed E-state index contributed by atoms with van der Waals surface area (Å²) in [6, 6.07) is 22.9. The van der Waals surface area contributed by atoms with Crippen molar-refractivity contribution in [2.75, 3.05) is 20.3 Å². The number of carboxylic acid groups (broad SMARTS) is 1. The van der Waals surface area contributed by atoms with Crippen molar-refractivity contribution in [1.82, 2.24) is 9.29 Å². The van der Waals surface area contributed by atoms with Crippen LogP contribution in [0.4, 0.5) is 0 Å². The van der Waals surface area contributed by atoms with Crippen LogP contribution in [-0.4, -0.2) is 73.0 Å². The molecule has 3 aromatic carbocycles. The van der Waals surface area contributed by atoms with Gasteiger partial charge in [-0.2, -0.15) is 9.41 Å². The molecule has 3 N–H and O–H groups in total. The Labute approximate surface area is 309 Å². The molecule has 0 saturated carbocycles. The van der Waals surface area contributed by atoms with Gasteiger partial charge in [0.05, 0.1) is 38.3 Å². The first-order valence-electron chi connectivity index (χ1n) is 16.8. The Morgan fingerprint density at radius 3 is 2.58 bits per heavy atom. The number of carbonyl (C=O) groups excluding carboxylic acids is 1. The molecule has 0 radical (unpaired) electrons. The molecule has 0 aliphatic carbocycles. The number of pyridine rings is 1. The zero-order valence-corrected chi connectivity index (χ0v) is 31.0. The quantitative estimate of drug-likeness (QED) is 0.0761. The summed E-state index contributed by atoms with van der Waals surface area (Å²) in [4.78, 5) is 33.0. The van der Waals surface area contributed by atoms with Gasteiger partial charge in [-0.25, -0.2) is 18.2 Å². The molecule has 0 spiro atoms. The highest BCUT2D eigenvalue weighted by Crippen LogP contribution is 2.39. The first-order chi connectivity index (χ1) is 25.2. The van der Waals surface area contributed by atoms with Gasteiger partial charge in [-0.1, -0.05) is 48.5 Å². The van der Waals surface area contributed by atoms with Crippen LogP contribution in [0.1, 0.15) is 59.6 Å². The second-order valence-electron chi connectivity index (χ2n) is 13.3. The molecule has 0 bridgehead atoms. The molecule has 4 aromatic rings. The summed E-state index contributed by atoms with van der Waals surface area (Å²) >= 11 is 0. The number of carboxylic acids is 1. The Morgan fingerprint density at radius 2 is 1.85 bits per heavy atom. The lowest BCUT2D eigenvalue weighted by atomic mass is 9.81. The number of aromatic nitrogens is 1. The smallest absolute Gasteiger partial charge is 0.354 e. The molecular weight excluding hydrogens is 699 g/mol. The monoisotopic (exact) mass is 741 g/mol. The number of para-hydroxylation sites is 1. The number of hydrogen-bond acceptors (Lipinski definition) is 11. The molecule has 1 unspecified atom stereocenters. The van der Waals surface area contributed by atoms with Crippen LogP contribution in [0.3, 0.4) is 0 Å². The van der Waals surface area contributed by atoms with Gasteiger partial charge < -0.3 is 25.2 Å². The molecule has 2 heterocycles. The van der Waals surface area contributed by atoms with E-state index in [-0.39, 0.29) is 42.9 Å². The number of hydrazone groups is 1. The number of methoxy groups -OCH3 is 1. The van der Waals surface area contributed by atoms with Crippen molar-refractivity contribution in [3.63, 3.8) is 0 Å². The number of fused-ring (bicyclic) bond motifs is 1. The number of rotatable bonds is 13. The van der Waals surface area contributed by atoms with E-state index < -0.39 is 33.5 Å². The maximum absolute atomic E-state index is 13.8. The summed E-state index contributed by atoms with van der Waals surface area (Å²) in [5, 5.41) is 13.2. The second-order valence-corrected chi connectivity index (χ2v) is 15.2. The minimum atomic E-state index is -3.89. The van der Waals surface area contributed by atoms with Crippen LogP contribution in [0, 0.1) is 12.3 Å². The number of aromatic carboxylic acids is 1. The fourth-order valence-electron chi connectivity index (χ4n) is 6.10. The van der Waals surface area contributed by atoms with Gasteiger partial charge in [0.2, 0.25) is 10.0 Å². The molecule has 1 aliphatic rings. The van der Waals surface area contributed by atoms with Gasteiger partial charge in [-0.05, 0) is 91.4 Å². The molecule has 5 rings (SSSR count). The van der Waals surface area contributed by atoms with Gasteiger partial charge in [-0.3, -0.25) is 9.79 Å². The van der Waals surface area contributed by atoms with Crippen LogP contribution in [0.2, 0.25) is 0 Å². The summed E-state index contributed by atoms with van der Waals surface area (Å²) < 4.78 is 46.5. The van der Waals surface area contributed by atoms with Gasteiger partial charge in [-0.15, -0.1) is 0 Å². The number of ether oxygens (including phenoxy) is 3. The van der Waals surface area contributed by atoms with Crippen LogP contribution < -0.4 is 10.6 Å². The first kappa shape index (κ1) is 38.8. The largest absolute Gasteiger partial charge is 0.488 e. The summed E-state index contributed by atoms with van der Waals surface area (Å²) in [7, 11) is -2.58. The lowest BCUT2D eigenvalue weighted by Gasteiger charge is -2.32. The van der Waals surface area contributed by atoms with Crippen LogP contribution in [0.15, 0.2) is 100 Å². The van der Waals surface area contributed by atoms with Gasteiger partial charge >= 0.3 is 11.9 Å².